The van der Waals surface area contributed by atoms with E-state index in [1.807, 2.05) is 0 Å². The molecule has 0 nitrogen and oxygen atoms in total. The number of rotatable bonds is 6. The molecule has 0 saturated carbocycles. The Kier molecular flexibility index (Phi) is 10.4. The predicted molar refractivity (Wildman–Crippen MR) is 212 cm³/mol. The minimum absolute atomic E-state index is 0. The Balaban J connectivity index is 0.00000210. The third kappa shape index (κ3) is 5.82. The molecule has 0 N–H and O–H groups in total. The van der Waals surface area contributed by atoms with Crippen LogP contribution in [0.5, 0.6) is 0 Å². The van der Waals surface area contributed by atoms with Crippen molar-refractivity contribution in [2.24, 2.45) is 0 Å². The van der Waals surface area contributed by atoms with Gasteiger partial charge in [0.05, 0.1) is 0 Å². The van der Waals surface area contributed by atoms with E-state index < -0.39 is 31.3 Å². The Bertz CT molecular complexity index is 2160. The van der Waals surface area contributed by atoms with Crippen LogP contribution >= 0.6 is 0 Å². The van der Waals surface area contributed by atoms with E-state index in [9.17, 15) is 0 Å². The van der Waals surface area contributed by atoms with Gasteiger partial charge in [-0.25, -0.2) is 0 Å². The van der Waals surface area contributed by atoms with E-state index in [0.29, 0.717) is 7.25 Å². The Hall–Kier alpha value is -3.52. The van der Waals surface area contributed by atoms with Crippen molar-refractivity contribution in [1.82, 2.24) is 0 Å². The van der Waals surface area contributed by atoms with Gasteiger partial charge in [-0.1, -0.05) is 0 Å². The van der Waals surface area contributed by atoms with Crippen LogP contribution in [-0.4, -0.2) is 8.07 Å². The average molecular weight is 809 g/mol. The number of fused-ring (bicyclic) bond motifs is 8. The van der Waals surface area contributed by atoms with E-state index in [1.54, 1.807) is 43.8 Å². The zero-order valence-corrected chi connectivity index (χ0v) is 35.2. The molecule has 0 radical (unpaired) electrons. The van der Waals surface area contributed by atoms with Gasteiger partial charge in [0.25, 0.3) is 0 Å². The minimum Gasteiger partial charge on any atom is -1.00 e. The molecule has 4 bridgehead atoms. The zero-order chi connectivity index (χ0) is 34.0. The Morgan fingerprint density at radius 1 is 0.442 bits per heavy atom. The van der Waals surface area contributed by atoms with Crippen LogP contribution in [0.1, 0.15) is 65.6 Å². The van der Waals surface area contributed by atoms with Gasteiger partial charge in [-0.2, -0.15) is 0 Å². The molecule has 6 aromatic rings. The summed E-state index contributed by atoms with van der Waals surface area (Å²) in [5.74, 6) is 0. The molecule has 9 rings (SSSR count). The first-order chi connectivity index (χ1) is 24.5. The molecule has 6 aromatic carbocycles. The maximum Gasteiger partial charge on any atom is -1.00 e. The van der Waals surface area contributed by atoms with Crippen LogP contribution in [0.25, 0.3) is 43.8 Å². The average Bonchev–Trinajstić information content (AvgIpc) is 3.71. The number of halogens is 2. The van der Waals surface area contributed by atoms with Crippen LogP contribution in [0.3, 0.4) is 0 Å². The molecule has 256 valence electrons. The topological polar surface area (TPSA) is 0 Å². The number of aryl methyl sites for hydroxylation is 2. The summed E-state index contributed by atoms with van der Waals surface area (Å²) in [5, 5.41) is 3.34. The fraction of sp³-hybridized carbons (Fsp3) is 0.167. The number of allylic oxidation sites excluding steroid dienone is 2. The first kappa shape index (κ1) is 36.8. The van der Waals surface area contributed by atoms with Crippen molar-refractivity contribution in [1.29, 1.82) is 0 Å². The van der Waals surface area contributed by atoms with Crippen molar-refractivity contribution < 1.29 is 48.0 Å². The zero-order valence-electron chi connectivity index (χ0n) is 30.2. The van der Waals surface area contributed by atoms with Crippen molar-refractivity contribution in [3.8, 4) is 22.3 Å². The minimum atomic E-state index is -2.42. The number of benzene rings is 6. The van der Waals surface area contributed by atoms with Crippen molar-refractivity contribution in [3.05, 3.63) is 190 Å². The van der Waals surface area contributed by atoms with Crippen molar-refractivity contribution >= 4 is 29.6 Å². The summed E-state index contributed by atoms with van der Waals surface area (Å²) in [5.41, 5.74) is 20.8. The second-order valence-electron chi connectivity index (χ2n) is 14.6. The van der Waals surface area contributed by atoms with Gasteiger partial charge in [0.15, 0.2) is 0 Å². The van der Waals surface area contributed by atoms with Gasteiger partial charge in [-0.3, -0.25) is 0 Å². The SMILES string of the molecule is CCc1ccc(-c2cccc3c2C2=C(c4ccccc4)[CH]3[Zr+2][CH]3C(c4ccccc4)=C(c4c(-c5ccc(CC)cc5)cccc43)[Si]2(C)C)cc1.[Cl-].[Cl-]. The summed E-state index contributed by atoms with van der Waals surface area (Å²) in [7, 11) is -2.42. The third-order valence-corrected chi connectivity index (χ3v) is 19.7. The summed E-state index contributed by atoms with van der Waals surface area (Å²) in [6, 6.07) is 56.4. The molecular formula is C48H42Cl2SiZr. The molecule has 4 heteroatoms. The first-order valence-electron chi connectivity index (χ1n) is 18.3. The molecule has 0 spiro atoms. The van der Waals surface area contributed by atoms with E-state index >= 15 is 0 Å². The molecule has 0 amide bonds. The molecule has 3 aliphatic rings. The van der Waals surface area contributed by atoms with Crippen molar-refractivity contribution in [3.63, 3.8) is 0 Å². The monoisotopic (exact) mass is 806 g/mol. The van der Waals surface area contributed by atoms with Gasteiger partial charge in [0, 0.05) is 0 Å². The summed E-state index contributed by atoms with van der Waals surface area (Å²) in [6.07, 6.45) is 2.12. The van der Waals surface area contributed by atoms with Gasteiger partial charge < -0.3 is 24.8 Å². The van der Waals surface area contributed by atoms with E-state index in [4.69, 9.17) is 0 Å². The molecule has 0 aromatic heterocycles. The van der Waals surface area contributed by atoms with Gasteiger partial charge in [0.1, 0.15) is 0 Å². The fourth-order valence-corrected chi connectivity index (χ4v) is 19.1. The normalized spacial score (nSPS) is 17.5. The van der Waals surface area contributed by atoms with Crippen LogP contribution < -0.4 is 24.8 Å². The second-order valence-corrected chi connectivity index (χ2v) is 22.5. The Labute approximate surface area is 334 Å². The van der Waals surface area contributed by atoms with Crippen LogP contribution in [0.15, 0.2) is 146 Å². The maximum atomic E-state index is 2.69. The van der Waals surface area contributed by atoms with Crippen LogP contribution in [0.4, 0.5) is 0 Å². The smallest absolute Gasteiger partial charge is 1.00 e. The molecule has 2 aliphatic carbocycles. The molecule has 0 saturated heterocycles. The fourth-order valence-electron chi connectivity index (χ4n) is 9.16. The summed E-state index contributed by atoms with van der Waals surface area (Å²) < 4.78 is 0.965. The molecule has 1 aliphatic heterocycles. The predicted octanol–water partition coefficient (Wildman–Crippen LogP) is 6.67. The number of hydrogen-bond acceptors (Lipinski definition) is 0. The summed E-state index contributed by atoms with van der Waals surface area (Å²) >= 11 is -1.21. The van der Waals surface area contributed by atoms with E-state index in [2.05, 4.69) is 173 Å². The van der Waals surface area contributed by atoms with Gasteiger partial charge in [-0.15, -0.1) is 0 Å². The van der Waals surface area contributed by atoms with E-state index in [1.165, 1.54) is 44.5 Å². The number of hydrogen-bond donors (Lipinski definition) is 0. The molecule has 2 unspecified atom stereocenters. The third-order valence-electron chi connectivity index (χ3n) is 11.5. The molecular weight excluding hydrogens is 767 g/mol. The molecule has 2 atom stereocenters. The molecule has 1 heterocycles. The van der Waals surface area contributed by atoms with Crippen LogP contribution in [0, 0.1) is 0 Å². The van der Waals surface area contributed by atoms with Crippen LogP contribution in [-0.2, 0) is 36.1 Å². The second kappa shape index (κ2) is 14.7. The summed E-state index contributed by atoms with van der Waals surface area (Å²) in [4.78, 5) is 0. The van der Waals surface area contributed by atoms with Gasteiger partial charge in [0.2, 0.25) is 0 Å². The quantitative estimate of drug-likeness (QED) is 0.165. The first-order valence-corrected chi connectivity index (χ1v) is 24.1. The molecule has 0 fully saturated rings. The summed E-state index contributed by atoms with van der Waals surface area (Å²) in [6.45, 7) is 9.87. The van der Waals surface area contributed by atoms with Gasteiger partial charge in [-0.05, 0) is 0 Å². The molecule has 52 heavy (non-hydrogen) atoms. The van der Waals surface area contributed by atoms with Crippen molar-refractivity contribution in [2.45, 2.75) is 47.0 Å². The largest absolute Gasteiger partial charge is 1.00 e. The maximum absolute atomic E-state index is 2.69. The van der Waals surface area contributed by atoms with E-state index in [-0.39, 0.29) is 24.8 Å². The van der Waals surface area contributed by atoms with Crippen LogP contribution in [0.2, 0.25) is 13.1 Å². The van der Waals surface area contributed by atoms with E-state index in [0.717, 1.165) is 12.8 Å². The standard InChI is InChI=1S/C48H42Si.2ClH.Zr/c1-5-33-23-27-37(28-24-33)41-21-13-19-39-31-43(35-15-9-7-10-16-35)47(45(39)41)49(3,4)48-44(36-17-11-8-12-18-36)32-40-20-14-22-42(46(40)48)38-29-25-34(6-2)26-30-38;;;/h7-32H,5-6H2,1-4H3;2*1H;/q;;;+2/p-2. The Morgan fingerprint density at radius 2 is 0.827 bits per heavy atom. The van der Waals surface area contributed by atoms with Gasteiger partial charge >= 0.3 is 312 Å². The Morgan fingerprint density at radius 3 is 1.19 bits per heavy atom. The van der Waals surface area contributed by atoms with Crippen molar-refractivity contribution in [2.75, 3.05) is 0 Å².